The molecule has 0 spiro atoms. The van der Waals surface area contributed by atoms with Crippen LogP contribution in [0.1, 0.15) is 37.7 Å². The quantitative estimate of drug-likeness (QED) is 0.752. The first-order chi connectivity index (χ1) is 13.7. The van der Waals surface area contributed by atoms with Gasteiger partial charge in [-0.25, -0.2) is 0 Å². The molecule has 4 rings (SSSR count). The molecule has 2 unspecified atom stereocenters. The Morgan fingerprint density at radius 3 is 2.54 bits per heavy atom. The van der Waals surface area contributed by atoms with E-state index < -0.39 is 5.97 Å². The second-order valence-corrected chi connectivity index (χ2v) is 8.12. The lowest BCUT2D eigenvalue weighted by Crippen LogP contribution is -2.25. The van der Waals surface area contributed by atoms with Gasteiger partial charge in [0.25, 0.3) is 0 Å². The third-order valence-electron chi connectivity index (χ3n) is 6.07. The van der Waals surface area contributed by atoms with E-state index in [0.29, 0.717) is 5.92 Å². The smallest absolute Gasteiger partial charge is 0.306 e. The molecule has 148 valence electrons. The second kappa shape index (κ2) is 8.68. The zero-order valence-corrected chi connectivity index (χ0v) is 16.3. The lowest BCUT2D eigenvalue weighted by molar-refractivity contribution is -0.138. The highest BCUT2D eigenvalue weighted by Crippen LogP contribution is 2.42. The van der Waals surface area contributed by atoms with Gasteiger partial charge < -0.3 is 14.7 Å². The van der Waals surface area contributed by atoms with Crippen LogP contribution >= 0.6 is 0 Å². The molecule has 0 radical (unpaired) electrons. The number of carboxylic acids is 1. The third kappa shape index (κ3) is 4.86. The summed E-state index contributed by atoms with van der Waals surface area (Å²) >= 11 is 0. The first-order valence-corrected chi connectivity index (χ1v) is 10.5. The van der Waals surface area contributed by atoms with Gasteiger partial charge in [-0.3, -0.25) is 4.79 Å². The molecule has 0 aromatic heterocycles. The predicted octanol–water partition coefficient (Wildman–Crippen LogP) is 4.78. The zero-order chi connectivity index (χ0) is 19.3. The Hall–Kier alpha value is -2.49. The van der Waals surface area contributed by atoms with Crippen molar-refractivity contribution < 1.29 is 14.6 Å². The summed E-state index contributed by atoms with van der Waals surface area (Å²) in [6.45, 7) is 2.08. The highest BCUT2D eigenvalue weighted by Gasteiger charge is 2.42. The maximum atomic E-state index is 10.9. The summed E-state index contributed by atoms with van der Waals surface area (Å²) in [4.78, 5) is 13.4. The molecule has 2 fully saturated rings. The van der Waals surface area contributed by atoms with Crippen molar-refractivity contribution >= 4 is 11.7 Å². The van der Waals surface area contributed by atoms with Crippen molar-refractivity contribution in [3.05, 3.63) is 60.2 Å². The molecule has 2 aliphatic rings. The molecule has 4 heteroatoms. The van der Waals surface area contributed by atoms with Crippen LogP contribution in [-0.2, 0) is 11.2 Å². The fourth-order valence-corrected chi connectivity index (χ4v) is 4.23. The molecule has 2 aromatic carbocycles. The number of aryl methyl sites for hydroxylation is 1. The summed E-state index contributed by atoms with van der Waals surface area (Å²) < 4.78 is 6.16. The monoisotopic (exact) mass is 379 g/mol. The molecular weight excluding hydrogens is 350 g/mol. The summed E-state index contributed by atoms with van der Waals surface area (Å²) in [5.41, 5.74) is 2.58. The summed E-state index contributed by atoms with van der Waals surface area (Å²) in [6.07, 6.45) is 6.36. The number of para-hydroxylation sites is 1. The number of rotatable bonds is 7. The van der Waals surface area contributed by atoms with E-state index in [1.807, 2.05) is 30.3 Å². The Kier molecular flexibility index (Phi) is 5.84. The number of anilines is 1. The van der Waals surface area contributed by atoms with Crippen LogP contribution in [0.25, 0.3) is 0 Å². The number of aliphatic carboxylic acids is 1. The van der Waals surface area contributed by atoms with Crippen molar-refractivity contribution in [2.45, 2.75) is 44.6 Å². The third-order valence-corrected chi connectivity index (χ3v) is 6.07. The standard InChI is InChI=1S/C24H29NO3/c26-24(27)23-17-19(23)11-8-18-9-12-20(13-10-18)25-15-4-7-22(14-16-25)28-21-5-2-1-3-6-21/h1-3,5-6,9-10,12-13,19,22-23H,4,7-8,11,14-17H2,(H,26,27)/t19-,22?,23?/m1/s1. The van der Waals surface area contributed by atoms with Gasteiger partial charge in [-0.05, 0) is 67.9 Å². The summed E-state index contributed by atoms with van der Waals surface area (Å²) in [6, 6.07) is 19.0. The molecule has 0 amide bonds. The van der Waals surface area contributed by atoms with Crippen molar-refractivity contribution in [1.82, 2.24) is 0 Å². The Labute approximate surface area is 167 Å². The minimum atomic E-state index is -0.629. The molecule has 1 aliphatic carbocycles. The molecule has 1 N–H and O–H groups in total. The van der Waals surface area contributed by atoms with E-state index in [-0.39, 0.29) is 12.0 Å². The maximum absolute atomic E-state index is 10.9. The van der Waals surface area contributed by atoms with E-state index in [1.165, 1.54) is 11.3 Å². The minimum absolute atomic E-state index is 0.0950. The normalized spacial score (nSPS) is 24.4. The SMILES string of the molecule is O=C(O)C1C[C@H]1CCc1ccc(N2CCCC(Oc3ccccc3)CC2)cc1. The van der Waals surface area contributed by atoms with E-state index in [9.17, 15) is 4.79 Å². The molecule has 0 bridgehead atoms. The molecule has 1 saturated carbocycles. The molecule has 3 atom stereocenters. The number of nitrogens with zero attached hydrogens (tertiary/aromatic N) is 1. The Morgan fingerprint density at radius 1 is 1.04 bits per heavy atom. The van der Waals surface area contributed by atoms with Crippen LogP contribution in [0.4, 0.5) is 5.69 Å². The average molecular weight is 380 g/mol. The van der Waals surface area contributed by atoms with Gasteiger partial charge >= 0.3 is 5.97 Å². The van der Waals surface area contributed by atoms with E-state index in [1.54, 1.807) is 0 Å². The summed E-state index contributed by atoms with van der Waals surface area (Å²) in [5.74, 6) is 0.619. The van der Waals surface area contributed by atoms with Gasteiger partial charge in [-0.15, -0.1) is 0 Å². The summed E-state index contributed by atoms with van der Waals surface area (Å²) in [7, 11) is 0. The lowest BCUT2D eigenvalue weighted by Gasteiger charge is -2.23. The second-order valence-electron chi connectivity index (χ2n) is 8.12. The lowest BCUT2D eigenvalue weighted by atomic mass is 10.1. The van der Waals surface area contributed by atoms with Gasteiger partial charge in [0, 0.05) is 25.2 Å². The van der Waals surface area contributed by atoms with Crippen molar-refractivity contribution in [2.75, 3.05) is 18.0 Å². The summed E-state index contributed by atoms with van der Waals surface area (Å²) in [5, 5.41) is 9.01. The van der Waals surface area contributed by atoms with Crippen LogP contribution in [0.15, 0.2) is 54.6 Å². The van der Waals surface area contributed by atoms with Crippen molar-refractivity contribution in [3.63, 3.8) is 0 Å². The van der Waals surface area contributed by atoms with Gasteiger partial charge in [0.15, 0.2) is 0 Å². The van der Waals surface area contributed by atoms with Gasteiger partial charge in [-0.1, -0.05) is 30.3 Å². The van der Waals surface area contributed by atoms with Crippen molar-refractivity contribution in [1.29, 1.82) is 0 Å². The van der Waals surface area contributed by atoms with E-state index in [4.69, 9.17) is 9.84 Å². The Bertz CT molecular complexity index is 774. The van der Waals surface area contributed by atoms with E-state index in [0.717, 1.165) is 57.4 Å². The molecule has 1 aliphatic heterocycles. The minimum Gasteiger partial charge on any atom is -0.490 e. The number of hydrogen-bond donors (Lipinski definition) is 1. The zero-order valence-electron chi connectivity index (χ0n) is 16.3. The van der Waals surface area contributed by atoms with Crippen LogP contribution in [0.3, 0.4) is 0 Å². The highest BCUT2D eigenvalue weighted by molar-refractivity contribution is 5.73. The van der Waals surface area contributed by atoms with Crippen molar-refractivity contribution in [3.8, 4) is 5.75 Å². The van der Waals surface area contributed by atoms with Crippen LogP contribution in [-0.4, -0.2) is 30.3 Å². The number of carboxylic acid groups (broad SMARTS) is 1. The maximum Gasteiger partial charge on any atom is 0.306 e. The molecule has 4 nitrogen and oxygen atoms in total. The van der Waals surface area contributed by atoms with Gasteiger partial charge in [0.1, 0.15) is 11.9 Å². The molecular formula is C24H29NO3. The van der Waals surface area contributed by atoms with Gasteiger partial charge in [0.05, 0.1) is 5.92 Å². The number of ether oxygens (including phenoxy) is 1. The highest BCUT2D eigenvalue weighted by atomic mass is 16.5. The number of hydrogen-bond acceptors (Lipinski definition) is 3. The van der Waals surface area contributed by atoms with Crippen LogP contribution in [0.2, 0.25) is 0 Å². The molecule has 2 aromatic rings. The number of carbonyl (C=O) groups is 1. The van der Waals surface area contributed by atoms with E-state index >= 15 is 0 Å². The van der Waals surface area contributed by atoms with Gasteiger partial charge in [-0.2, -0.15) is 0 Å². The topological polar surface area (TPSA) is 49.8 Å². The van der Waals surface area contributed by atoms with Gasteiger partial charge in [0.2, 0.25) is 0 Å². The van der Waals surface area contributed by atoms with Crippen LogP contribution in [0.5, 0.6) is 5.75 Å². The number of benzene rings is 2. The first-order valence-electron chi connectivity index (χ1n) is 10.5. The average Bonchev–Trinajstić information content (AvgIpc) is 3.52. The molecule has 1 heterocycles. The van der Waals surface area contributed by atoms with Crippen LogP contribution < -0.4 is 9.64 Å². The molecule has 28 heavy (non-hydrogen) atoms. The Morgan fingerprint density at radius 2 is 1.82 bits per heavy atom. The predicted molar refractivity (Wildman–Crippen MR) is 111 cm³/mol. The fourth-order valence-electron chi connectivity index (χ4n) is 4.23. The fraction of sp³-hybridized carbons (Fsp3) is 0.458. The largest absolute Gasteiger partial charge is 0.490 e. The van der Waals surface area contributed by atoms with E-state index in [2.05, 4.69) is 29.2 Å². The van der Waals surface area contributed by atoms with Crippen molar-refractivity contribution in [2.24, 2.45) is 11.8 Å². The first kappa shape index (κ1) is 18.9. The Balaban J connectivity index is 1.26. The molecule has 1 saturated heterocycles. The van der Waals surface area contributed by atoms with Crippen LogP contribution in [0, 0.1) is 11.8 Å².